The van der Waals surface area contributed by atoms with E-state index in [1.807, 2.05) is 49.4 Å². The van der Waals surface area contributed by atoms with Gasteiger partial charge in [-0.2, -0.15) is 0 Å². The molecule has 2 N–H and O–H groups in total. The van der Waals surface area contributed by atoms with Crippen LogP contribution in [0.2, 0.25) is 0 Å². The van der Waals surface area contributed by atoms with E-state index in [0.717, 1.165) is 17.2 Å². The summed E-state index contributed by atoms with van der Waals surface area (Å²) >= 11 is 0. The van der Waals surface area contributed by atoms with Crippen molar-refractivity contribution in [1.82, 2.24) is 4.72 Å². The highest BCUT2D eigenvalue weighted by Gasteiger charge is 2.14. The summed E-state index contributed by atoms with van der Waals surface area (Å²) in [4.78, 5) is 0. The molecule has 5 heteroatoms. The van der Waals surface area contributed by atoms with Gasteiger partial charge in [0.25, 0.3) is 0 Å². The minimum Gasteiger partial charge on any atom is -0.387 e. The van der Waals surface area contributed by atoms with Gasteiger partial charge in [0.05, 0.1) is 11.9 Å². The Balaban J connectivity index is 2.03. The number of aliphatic hydroxyl groups is 1. The third kappa shape index (κ3) is 4.52. The lowest BCUT2D eigenvalue weighted by atomic mass is 10.0. The molecule has 21 heavy (non-hydrogen) atoms. The summed E-state index contributed by atoms with van der Waals surface area (Å²) in [5.74, 6) is 0.105. The monoisotopic (exact) mass is 307 g/mol. The van der Waals surface area contributed by atoms with Crippen molar-refractivity contribution in [2.24, 2.45) is 0 Å². The molecule has 4 nitrogen and oxygen atoms in total. The molecule has 0 radical (unpaired) electrons. The lowest BCUT2D eigenvalue weighted by Crippen LogP contribution is -2.30. The number of hydrogen-bond acceptors (Lipinski definition) is 3. The normalized spacial score (nSPS) is 13.4. The zero-order chi connectivity index (χ0) is 15.3. The Hall–Kier alpha value is -1.43. The topological polar surface area (TPSA) is 66.4 Å². The highest BCUT2D eigenvalue weighted by atomic mass is 32.2. The van der Waals surface area contributed by atoms with Crippen molar-refractivity contribution in [3.8, 4) is 0 Å². The lowest BCUT2D eigenvalue weighted by Gasteiger charge is -2.13. The predicted octanol–water partition coefficient (Wildman–Crippen LogP) is 2.59. The Labute approximate surface area is 125 Å². The van der Waals surface area contributed by atoms with Gasteiger partial charge in [-0.15, -0.1) is 0 Å². The van der Waals surface area contributed by atoms with Gasteiger partial charge < -0.3 is 5.11 Å². The quantitative estimate of drug-likeness (QED) is 0.826. The summed E-state index contributed by atoms with van der Waals surface area (Å²) < 4.78 is 25.9. The molecule has 114 valence electrons. The average molecular weight is 307 g/mol. The van der Waals surface area contributed by atoms with Gasteiger partial charge >= 0.3 is 0 Å². The van der Waals surface area contributed by atoms with E-state index in [1.165, 1.54) is 0 Å². The first kappa shape index (κ1) is 15.9. The molecule has 0 fully saturated rings. The fourth-order valence-electron chi connectivity index (χ4n) is 2.15. The summed E-state index contributed by atoms with van der Waals surface area (Å²) in [5.41, 5.74) is 0.715. The maximum Gasteiger partial charge on any atom is 0.211 e. The fourth-order valence-corrected chi connectivity index (χ4v) is 3.37. The predicted molar refractivity (Wildman–Crippen MR) is 85.6 cm³/mol. The zero-order valence-electron chi connectivity index (χ0n) is 12.1. The second kappa shape index (κ2) is 7.02. The SMILES string of the molecule is CCCCS(=O)(=O)NCC(O)c1ccc2ccccc2c1. The lowest BCUT2D eigenvalue weighted by molar-refractivity contribution is 0.182. The first-order chi connectivity index (χ1) is 10.0. The Kier molecular flexibility index (Phi) is 5.33. The molecule has 1 atom stereocenters. The number of aliphatic hydroxyl groups excluding tert-OH is 1. The average Bonchev–Trinajstić information content (AvgIpc) is 2.50. The Morgan fingerprint density at radius 3 is 2.57 bits per heavy atom. The van der Waals surface area contributed by atoms with Crippen molar-refractivity contribution in [2.75, 3.05) is 12.3 Å². The third-order valence-electron chi connectivity index (χ3n) is 3.42. The van der Waals surface area contributed by atoms with Crippen LogP contribution in [0.5, 0.6) is 0 Å². The Morgan fingerprint density at radius 1 is 1.14 bits per heavy atom. The molecule has 0 aromatic heterocycles. The van der Waals surface area contributed by atoms with Gasteiger partial charge in [0.2, 0.25) is 10.0 Å². The van der Waals surface area contributed by atoms with Gasteiger partial charge in [-0.1, -0.05) is 49.7 Å². The van der Waals surface area contributed by atoms with Crippen LogP contribution >= 0.6 is 0 Å². The largest absolute Gasteiger partial charge is 0.387 e. The number of fused-ring (bicyclic) bond motifs is 1. The number of sulfonamides is 1. The van der Waals surface area contributed by atoms with Gasteiger partial charge in [-0.3, -0.25) is 0 Å². The molecular weight excluding hydrogens is 286 g/mol. The molecule has 0 aliphatic heterocycles. The molecule has 0 heterocycles. The summed E-state index contributed by atoms with van der Waals surface area (Å²) in [5, 5.41) is 12.3. The second-order valence-corrected chi connectivity index (χ2v) is 7.07. The number of unbranched alkanes of at least 4 members (excludes halogenated alkanes) is 1. The van der Waals surface area contributed by atoms with Gasteiger partial charge in [-0.25, -0.2) is 13.1 Å². The van der Waals surface area contributed by atoms with Gasteiger partial charge in [0, 0.05) is 6.54 Å². The fraction of sp³-hybridized carbons (Fsp3) is 0.375. The molecule has 0 aliphatic carbocycles. The van der Waals surface area contributed by atoms with Crippen molar-refractivity contribution in [3.05, 3.63) is 48.0 Å². The smallest absolute Gasteiger partial charge is 0.211 e. The van der Waals surface area contributed by atoms with Crippen LogP contribution in [-0.2, 0) is 10.0 Å². The molecule has 1 unspecified atom stereocenters. The van der Waals surface area contributed by atoms with E-state index in [1.54, 1.807) is 0 Å². The third-order valence-corrected chi connectivity index (χ3v) is 4.85. The van der Waals surface area contributed by atoms with Crippen LogP contribution in [0.4, 0.5) is 0 Å². The minimum absolute atomic E-state index is 0.00435. The minimum atomic E-state index is -3.30. The summed E-state index contributed by atoms with van der Waals surface area (Å²) in [6.45, 7) is 1.95. The maximum absolute atomic E-state index is 11.7. The van der Waals surface area contributed by atoms with E-state index >= 15 is 0 Å². The van der Waals surface area contributed by atoms with Crippen molar-refractivity contribution in [2.45, 2.75) is 25.9 Å². The van der Waals surface area contributed by atoms with Gasteiger partial charge in [0.1, 0.15) is 0 Å². The number of nitrogens with one attached hydrogen (secondary N) is 1. The summed E-state index contributed by atoms with van der Waals surface area (Å²) in [7, 11) is -3.30. The molecule has 2 rings (SSSR count). The molecule has 0 aliphatic rings. The van der Waals surface area contributed by atoms with Gasteiger partial charge in [0.15, 0.2) is 0 Å². The van der Waals surface area contributed by atoms with Crippen molar-refractivity contribution in [3.63, 3.8) is 0 Å². The van der Waals surface area contributed by atoms with E-state index in [9.17, 15) is 13.5 Å². The van der Waals surface area contributed by atoms with E-state index in [2.05, 4.69) is 4.72 Å². The summed E-state index contributed by atoms with van der Waals surface area (Å²) in [6.07, 6.45) is 0.612. The van der Waals surface area contributed by atoms with E-state index in [-0.39, 0.29) is 12.3 Å². The second-order valence-electron chi connectivity index (χ2n) is 5.14. The molecular formula is C16H21NO3S. The molecule has 0 spiro atoms. The number of rotatable bonds is 7. The zero-order valence-corrected chi connectivity index (χ0v) is 12.9. The highest BCUT2D eigenvalue weighted by molar-refractivity contribution is 7.89. The van der Waals surface area contributed by atoms with Crippen LogP contribution in [0.1, 0.15) is 31.4 Å². The molecule has 0 amide bonds. The van der Waals surface area contributed by atoms with E-state index in [0.29, 0.717) is 12.0 Å². The molecule has 0 saturated carbocycles. The number of benzene rings is 2. The Morgan fingerprint density at radius 2 is 1.86 bits per heavy atom. The van der Waals surface area contributed by atoms with Crippen LogP contribution in [0.25, 0.3) is 10.8 Å². The molecule has 0 bridgehead atoms. The molecule has 2 aromatic rings. The van der Waals surface area contributed by atoms with Crippen LogP contribution in [0.3, 0.4) is 0 Å². The Bertz CT molecular complexity index is 697. The maximum atomic E-state index is 11.7. The molecule has 2 aromatic carbocycles. The van der Waals surface area contributed by atoms with Crippen molar-refractivity contribution >= 4 is 20.8 Å². The van der Waals surface area contributed by atoms with Crippen LogP contribution in [0.15, 0.2) is 42.5 Å². The van der Waals surface area contributed by atoms with Gasteiger partial charge in [-0.05, 0) is 28.8 Å². The van der Waals surface area contributed by atoms with Crippen LogP contribution < -0.4 is 4.72 Å². The summed E-state index contributed by atoms with van der Waals surface area (Å²) in [6, 6.07) is 13.5. The first-order valence-corrected chi connectivity index (χ1v) is 8.81. The number of hydrogen-bond donors (Lipinski definition) is 2. The van der Waals surface area contributed by atoms with E-state index in [4.69, 9.17) is 0 Å². The first-order valence-electron chi connectivity index (χ1n) is 7.16. The standard InChI is InChI=1S/C16H21NO3S/c1-2-3-10-21(19,20)17-12-16(18)15-9-8-13-6-4-5-7-14(13)11-15/h4-9,11,16-18H,2-3,10,12H2,1H3. The van der Waals surface area contributed by atoms with Crippen molar-refractivity contribution < 1.29 is 13.5 Å². The molecule has 0 saturated heterocycles. The van der Waals surface area contributed by atoms with Crippen LogP contribution in [0, 0.1) is 0 Å². The highest BCUT2D eigenvalue weighted by Crippen LogP contribution is 2.20. The van der Waals surface area contributed by atoms with Crippen molar-refractivity contribution in [1.29, 1.82) is 0 Å². The van der Waals surface area contributed by atoms with Crippen LogP contribution in [-0.4, -0.2) is 25.8 Å². The van der Waals surface area contributed by atoms with E-state index < -0.39 is 16.1 Å².